The van der Waals surface area contributed by atoms with Gasteiger partial charge in [0.2, 0.25) is 0 Å². The molecule has 0 fully saturated rings. The Balaban J connectivity index is 1.16. The molecule has 0 atom stereocenters. The van der Waals surface area contributed by atoms with E-state index >= 15 is 0 Å². The minimum Gasteiger partial charge on any atom is -0.299 e. The second-order valence-electron chi connectivity index (χ2n) is 12.6. The second-order valence-corrected chi connectivity index (χ2v) is 12.6. The number of hydrazone groups is 1. The number of rotatable bonds is 6. The number of hydrogen-bond donors (Lipinski definition) is 2. The average Bonchev–Trinajstić information content (AvgIpc) is 3.20. The van der Waals surface area contributed by atoms with E-state index in [2.05, 4.69) is 125 Å². The Morgan fingerprint density at radius 3 is 1.69 bits per heavy atom. The number of fused-ring (bicyclic) bond motifs is 3. The summed E-state index contributed by atoms with van der Waals surface area (Å²) in [5.74, 6) is 0. The van der Waals surface area contributed by atoms with E-state index in [1.807, 2.05) is 54.9 Å². The number of pyridine rings is 2. The lowest BCUT2D eigenvalue weighted by molar-refractivity contribution is 1.31. The normalized spacial score (nSPS) is 13.6. The Labute approximate surface area is 295 Å². The molecule has 51 heavy (non-hydrogen) atoms. The maximum absolute atomic E-state index is 8.84. The minimum atomic E-state index is 0.337. The van der Waals surface area contributed by atoms with Crippen molar-refractivity contribution >= 4 is 55.0 Å². The largest absolute Gasteiger partial charge is 0.299 e. The van der Waals surface area contributed by atoms with Crippen LogP contribution in [0.4, 0.5) is 5.69 Å². The van der Waals surface area contributed by atoms with Gasteiger partial charge < -0.3 is 0 Å². The van der Waals surface area contributed by atoms with Crippen LogP contribution < -0.4 is 5.43 Å². The molecule has 2 heterocycles. The second kappa shape index (κ2) is 12.8. The molecule has 0 spiro atoms. The van der Waals surface area contributed by atoms with Crippen LogP contribution in [0.15, 0.2) is 182 Å². The summed E-state index contributed by atoms with van der Waals surface area (Å²) < 4.78 is 0. The van der Waals surface area contributed by atoms with E-state index in [0.717, 1.165) is 49.9 Å². The lowest BCUT2D eigenvalue weighted by atomic mass is 9.84. The maximum atomic E-state index is 8.84. The van der Waals surface area contributed by atoms with Gasteiger partial charge in [-0.2, -0.15) is 5.10 Å². The van der Waals surface area contributed by atoms with Crippen molar-refractivity contribution in [1.82, 2.24) is 9.97 Å². The lowest BCUT2D eigenvalue weighted by Gasteiger charge is -2.20. The summed E-state index contributed by atoms with van der Waals surface area (Å²) in [6.07, 6.45) is 13.2. The maximum Gasteiger partial charge on any atom is 0.109 e. The van der Waals surface area contributed by atoms with Crippen LogP contribution in [0.5, 0.6) is 0 Å². The zero-order valence-corrected chi connectivity index (χ0v) is 27.6. The molecule has 9 rings (SSSR count). The van der Waals surface area contributed by atoms with Gasteiger partial charge in [0.05, 0.1) is 11.4 Å². The van der Waals surface area contributed by atoms with Crippen LogP contribution in [0.2, 0.25) is 0 Å². The first-order valence-corrected chi connectivity index (χ1v) is 16.9. The average molecular weight is 654 g/mol. The number of benzene rings is 6. The first-order chi connectivity index (χ1) is 25.2. The SMILES string of the molecule is N=C1C=CC(c2c3ccccc3c(-c3ccc4ccccc4c3)c3ccccc23)=C/C1=N/Nc1cc(-c2cccnc2)cc(-c2cccnc2)c1. The number of aromatic nitrogens is 2. The van der Waals surface area contributed by atoms with Crippen molar-refractivity contribution in [1.29, 1.82) is 5.41 Å². The predicted octanol–water partition coefficient (Wildman–Crippen LogP) is 11.4. The van der Waals surface area contributed by atoms with Crippen molar-refractivity contribution in [3.63, 3.8) is 0 Å². The Kier molecular flexibility index (Phi) is 7.56. The molecule has 8 aromatic rings. The van der Waals surface area contributed by atoms with Gasteiger partial charge in [0.25, 0.3) is 0 Å². The number of anilines is 1. The molecule has 0 bridgehead atoms. The summed E-state index contributed by atoms with van der Waals surface area (Å²) in [5.41, 5.74) is 13.5. The summed E-state index contributed by atoms with van der Waals surface area (Å²) in [7, 11) is 0. The molecule has 0 saturated carbocycles. The van der Waals surface area contributed by atoms with Gasteiger partial charge in [-0.25, -0.2) is 0 Å². The molecule has 0 saturated heterocycles. The zero-order chi connectivity index (χ0) is 34.1. The Hall–Kier alpha value is -6.98. The summed E-state index contributed by atoms with van der Waals surface area (Å²) >= 11 is 0. The van der Waals surface area contributed by atoms with Crippen molar-refractivity contribution in [2.45, 2.75) is 0 Å². The highest BCUT2D eigenvalue weighted by Crippen LogP contribution is 2.43. The van der Waals surface area contributed by atoms with Crippen LogP contribution in [-0.2, 0) is 0 Å². The van der Waals surface area contributed by atoms with E-state index in [-0.39, 0.29) is 0 Å². The molecule has 240 valence electrons. The molecule has 0 aliphatic heterocycles. The monoisotopic (exact) mass is 653 g/mol. The van der Waals surface area contributed by atoms with Gasteiger partial charge in [-0.15, -0.1) is 0 Å². The molecule has 2 N–H and O–H groups in total. The molecule has 5 nitrogen and oxygen atoms in total. The fourth-order valence-corrected chi connectivity index (χ4v) is 7.09. The van der Waals surface area contributed by atoms with Crippen molar-refractivity contribution in [2.24, 2.45) is 5.10 Å². The quantitative estimate of drug-likeness (QED) is 0.107. The van der Waals surface area contributed by atoms with Crippen molar-refractivity contribution in [3.8, 4) is 33.4 Å². The third kappa shape index (κ3) is 5.67. The number of hydrogen-bond acceptors (Lipinski definition) is 5. The van der Waals surface area contributed by atoms with Crippen LogP contribution in [0.25, 0.3) is 71.3 Å². The molecular weight excluding hydrogens is 623 g/mol. The van der Waals surface area contributed by atoms with E-state index in [1.165, 1.54) is 32.7 Å². The highest BCUT2D eigenvalue weighted by atomic mass is 15.3. The molecule has 1 aliphatic rings. The van der Waals surface area contributed by atoms with Crippen molar-refractivity contribution in [3.05, 3.63) is 182 Å². The van der Waals surface area contributed by atoms with Gasteiger partial charge >= 0.3 is 0 Å². The molecule has 2 aromatic heterocycles. The summed E-state index contributed by atoms with van der Waals surface area (Å²) in [4.78, 5) is 8.67. The smallest absolute Gasteiger partial charge is 0.109 e. The fourth-order valence-electron chi connectivity index (χ4n) is 7.09. The van der Waals surface area contributed by atoms with Gasteiger partial charge in [0.15, 0.2) is 0 Å². The fraction of sp³-hybridized carbons (Fsp3) is 0. The first kappa shape index (κ1) is 30.1. The van der Waals surface area contributed by atoms with Crippen LogP contribution in [-0.4, -0.2) is 21.4 Å². The van der Waals surface area contributed by atoms with E-state index in [4.69, 9.17) is 10.5 Å². The highest BCUT2D eigenvalue weighted by Gasteiger charge is 2.20. The minimum absolute atomic E-state index is 0.337. The van der Waals surface area contributed by atoms with E-state index in [1.54, 1.807) is 12.4 Å². The Morgan fingerprint density at radius 2 is 1.08 bits per heavy atom. The molecule has 0 unspecified atom stereocenters. The third-order valence-corrected chi connectivity index (χ3v) is 9.48. The number of nitrogens with one attached hydrogen (secondary N) is 2. The van der Waals surface area contributed by atoms with Gasteiger partial charge in [-0.05, 0) is 114 Å². The lowest BCUT2D eigenvalue weighted by Crippen LogP contribution is -2.14. The zero-order valence-electron chi connectivity index (χ0n) is 27.6. The van der Waals surface area contributed by atoms with E-state index < -0.39 is 0 Å². The van der Waals surface area contributed by atoms with Gasteiger partial charge in [-0.1, -0.05) is 103 Å². The predicted molar refractivity (Wildman–Crippen MR) is 213 cm³/mol. The first-order valence-electron chi connectivity index (χ1n) is 16.9. The summed E-state index contributed by atoms with van der Waals surface area (Å²) in [5, 5.41) is 20.8. The summed E-state index contributed by atoms with van der Waals surface area (Å²) in [6, 6.07) is 46.7. The molecular formula is C46H31N5. The number of nitrogens with zero attached hydrogens (tertiary/aromatic N) is 3. The van der Waals surface area contributed by atoms with Gasteiger partial charge in [0, 0.05) is 35.9 Å². The molecule has 5 heteroatoms. The third-order valence-electron chi connectivity index (χ3n) is 9.48. The van der Waals surface area contributed by atoms with Crippen LogP contribution >= 0.6 is 0 Å². The van der Waals surface area contributed by atoms with E-state index in [0.29, 0.717) is 11.4 Å². The molecule has 6 aromatic carbocycles. The van der Waals surface area contributed by atoms with Gasteiger partial charge in [-0.3, -0.25) is 20.8 Å². The molecule has 0 amide bonds. The van der Waals surface area contributed by atoms with Crippen molar-refractivity contribution < 1.29 is 0 Å². The van der Waals surface area contributed by atoms with Gasteiger partial charge in [0.1, 0.15) is 5.71 Å². The van der Waals surface area contributed by atoms with E-state index in [9.17, 15) is 0 Å². The van der Waals surface area contributed by atoms with Crippen LogP contribution in [0, 0.1) is 5.41 Å². The van der Waals surface area contributed by atoms with Crippen molar-refractivity contribution in [2.75, 3.05) is 5.43 Å². The highest BCUT2D eigenvalue weighted by molar-refractivity contribution is 6.52. The van der Waals surface area contributed by atoms with Crippen LogP contribution in [0.1, 0.15) is 5.56 Å². The summed E-state index contributed by atoms with van der Waals surface area (Å²) in [6.45, 7) is 0. The molecule has 1 aliphatic carbocycles. The Morgan fingerprint density at radius 1 is 0.490 bits per heavy atom. The number of allylic oxidation sites excluding steroid dienone is 4. The standard InChI is InChI=1S/C46H31N5/c47-43-20-19-33(27-44(43)51-50-38-25-36(34-11-7-21-48-28-34)24-37(26-38)35-12-8-22-49-29-35)46-41-15-5-3-13-39(41)45(40-14-4-6-16-42(40)46)32-18-17-30-9-1-2-10-31(30)23-32/h1-29,47,50H/b47-43?,51-44-. The van der Waals surface area contributed by atoms with Crippen LogP contribution in [0.3, 0.4) is 0 Å². The molecule has 0 radical (unpaired) electrons. The Bertz CT molecular complexity index is 2610. The topological polar surface area (TPSA) is 74.0 Å².